The van der Waals surface area contributed by atoms with Crippen LogP contribution in [-0.4, -0.2) is 29.7 Å². The molecule has 5 heteroatoms. The lowest BCUT2D eigenvalue weighted by Crippen LogP contribution is -2.34. The van der Waals surface area contributed by atoms with Crippen LogP contribution < -0.4 is 10.1 Å². The van der Waals surface area contributed by atoms with E-state index >= 15 is 0 Å². The van der Waals surface area contributed by atoms with Gasteiger partial charge >= 0.3 is 0 Å². The predicted molar refractivity (Wildman–Crippen MR) is 95.5 cm³/mol. The Bertz CT molecular complexity index is 625. The van der Waals surface area contributed by atoms with E-state index in [2.05, 4.69) is 5.32 Å². The third-order valence-electron chi connectivity index (χ3n) is 4.10. The second-order valence-electron chi connectivity index (χ2n) is 5.83. The lowest BCUT2D eigenvalue weighted by molar-refractivity contribution is -0.115. The highest BCUT2D eigenvalue weighted by molar-refractivity contribution is 7.80. The average Bonchev–Trinajstić information content (AvgIpc) is 2.52. The van der Waals surface area contributed by atoms with Crippen molar-refractivity contribution in [3.8, 4) is 5.75 Å². The van der Waals surface area contributed by atoms with Crippen LogP contribution in [0, 0.1) is 12.8 Å². The van der Waals surface area contributed by atoms with E-state index in [1.165, 1.54) is 0 Å². The molecule has 1 atom stereocenters. The van der Waals surface area contributed by atoms with Gasteiger partial charge in [0.25, 0.3) is 0 Å². The van der Waals surface area contributed by atoms with Gasteiger partial charge in [-0.3, -0.25) is 4.79 Å². The molecule has 0 radical (unpaired) electrons. The van der Waals surface area contributed by atoms with Crippen LogP contribution in [0.4, 0.5) is 0 Å². The van der Waals surface area contributed by atoms with Crippen molar-refractivity contribution in [1.82, 2.24) is 5.32 Å². The Morgan fingerprint density at radius 2 is 2.22 bits per heavy atom. The third kappa shape index (κ3) is 4.62. The SMILES string of the molecule is COc1ccc(C)cc1/C1=C/C(=O)NC(=S)C(CCCO)CC1. The Morgan fingerprint density at radius 1 is 1.43 bits per heavy atom. The molecule has 0 saturated heterocycles. The summed E-state index contributed by atoms with van der Waals surface area (Å²) in [5, 5.41) is 11.8. The van der Waals surface area contributed by atoms with Crippen molar-refractivity contribution in [3.63, 3.8) is 0 Å². The van der Waals surface area contributed by atoms with Crippen molar-refractivity contribution in [2.45, 2.75) is 32.6 Å². The zero-order chi connectivity index (χ0) is 16.8. The van der Waals surface area contributed by atoms with Gasteiger partial charge in [-0.25, -0.2) is 0 Å². The second-order valence-corrected chi connectivity index (χ2v) is 6.27. The van der Waals surface area contributed by atoms with E-state index in [4.69, 9.17) is 22.1 Å². The molecule has 1 amide bonds. The Hall–Kier alpha value is -1.72. The minimum atomic E-state index is -0.192. The number of thiocarbonyl (C=S) groups is 1. The first-order valence-corrected chi connectivity index (χ1v) is 8.27. The number of hydrogen-bond donors (Lipinski definition) is 2. The quantitative estimate of drug-likeness (QED) is 0.813. The molecule has 1 aromatic rings. The smallest absolute Gasteiger partial charge is 0.249 e. The van der Waals surface area contributed by atoms with Crippen LogP contribution in [0.25, 0.3) is 5.57 Å². The number of methoxy groups -OCH3 is 1. The van der Waals surface area contributed by atoms with Gasteiger partial charge in [0.1, 0.15) is 5.75 Å². The molecular weight excluding hydrogens is 310 g/mol. The van der Waals surface area contributed by atoms with Crippen molar-refractivity contribution in [2.24, 2.45) is 5.92 Å². The fourth-order valence-corrected chi connectivity index (χ4v) is 3.19. The first kappa shape index (κ1) is 17.6. The Labute approximate surface area is 142 Å². The molecule has 0 saturated carbocycles. The summed E-state index contributed by atoms with van der Waals surface area (Å²) in [6.45, 7) is 2.16. The van der Waals surface area contributed by atoms with Crippen LogP contribution in [0.15, 0.2) is 24.3 Å². The van der Waals surface area contributed by atoms with Gasteiger partial charge in [0.2, 0.25) is 5.91 Å². The molecule has 1 heterocycles. The highest BCUT2D eigenvalue weighted by atomic mass is 32.1. The number of rotatable bonds is 5. The number of carbonyl (C=O) groups excluding carboxylic acids is 1. The molecule has 0 aromatic heterocycles. The molecule has 124 valence electrons. The van der Waals surface area contributed by atoms with Crippen LogP contribution in [0.1, 0.15) is 36.8 Å². The summed E-state index contributed by atoms with van der Waals surface area (Å²) in [6, 6.07) is 5.96. The molecule has 0 fully saturated rings. The maximum atomic E-state index is 12.2. The third-order valence-corrected chi connectivity index (χ3v) is 4.53. The number of amides is 1. The molecule has 4 nitrogen and oxygen atoms in total. The van der Waals surface area contributed by atoms with Gasteiger partial charge in [-0.1, -0.05) is 23.8 Å². The molecular formula is C18H23NO3S. The van der Waals surface area contributed by atoms with Crippen LogP contribution >= 0.6 is 12.2 Å². The van der Waals surface area contributed by atoms with E-state index in [0.29, 0.717) is 11.4 Å². The number of nitrogens with one attached hydrogen (secondary N) is 1. The highest BCUT2D eigenvalue weighted by Crippen LogP contribution is 2.32. The fourth-order valence-electron chi connectivity index (χ4n) is 2.85. The van der Waals surface area contributed by atoms with E-state index in [0.717, 1.165) is 41.7 Å². The molecule has 1 aliphatic rings. The Kier molecular flexibility index (Phi) is 6.30. The number of aryl methyl sites for hydroxylation is 1. The summed E-state index contributed by atoms with van der Waals surface area (Å²) < 4.78 is 5.44. The molecule has 0 spiro atoms. The fraction of sp³-hybridized carbons (Fsp3) is 0.444. The Balaban J connectivity index is 2.30. The van der Waals surface area contributed by atoms with Crippen LogP contribution in [-0.2, 0) is 4.79 Å². The van der Waals surface area contributed by atoms with Crippen molar-refractivity contribution in [2.75, 3.05) is 13.7 Å². The minimum absolute atomic E-state index is 0.112. The number of benzene rings is 1. The normalized spacial score (nSPS) is 21.0. The molecule has 2 rings (SSSR count). The van der Waals surface area contributed by atoms with Gasteiger partial charge in [-0.05, 0) is 50.3 Å². The molecule has 2 N–H and O–H groups in total. The maximum Gasteiger partial charge on any atom is 0.249 e. The van der Waals surface area contributed by atoms with Crippen LogP contribution in [0.3, 0.4) is 0 Å². The molecule has 23 heavy (non-hydrogen) atoms. The van der Waals surface area contributed by atoms with E-state index in [9.17, 15) is 4.79 Å². The second kappa shape index (κ2) is 8.22. The molecule has 0 bridgehead atoms. The van der Waals surface area contributed by atoms with E-state index in [-0.39, 0.29) is 18.4 Å². The van der Waals surface area contributed by atoms with Gasteiger partial charge in [-0.2, -0.15) is 0 Å². The number of aliphatic hydroxyl groups is 1. The van der Waals surface area contributed by atoms with Crippen molar-refractivity contribution >= 4 is 28.7 Å². The number of allylic oxidation sites excluding steroid dienone is 1. The van der Waals surface area contributed by atoms with Gasteiger partial charge in [0.05, 0.1) is 12.1 Å². The van der Waals surface area contributed by atoms with Crippen LogP contribution in [0.5, 0.6) is 5.75 Å². The van der Waals surface area contributed by atoms with Crippen molar-refractivity contribution < 1.29 is 14.6 Å². The van der Waals surface area contributed by atoms with Gasteiger partial charge < -0.3 is 15.2 Å². The van der Waals surface area contributed by atoms with E-state index in [1.807, 2.05) is 25.1 Å². The number of aliphatic hydroxyl groups excluding tert-OH is 1. The highest BCUT2D eigenvalue weighted by Gasteiger charge is 2.21. The predicted octanol–water partition coefficient (Wildman–Crippen LogP) is 3.01. The van der Waals surface area contributed by atoms with Crippen molar-refractivity contribution in [1.29, 1.82) is 0 Å². The number of ether oxygens (including phenoxy) is 1. The van der Waals surface area contributed by atoms with Gasteiger partial charge in [0, 0.05) is 24.2 Å². The van der Waals surface area contributed by atoms with E-state index in [1.54, 1.807) is 13.2 Å². The monoisotopic (exact) mass is 333 g/mol. The average molecular weight is 333 g/mol. The van der Waals surface area contributed by atoms with E-state index < -0.39 is 0 Å². The van der Waals surface area contributed by atoms with Gasteiger partial charge in [-0.15, -0.1) is 0 Å². The molecule has 1 aromatic carbocycles. The number of hydrogen-bond acceptors (Lipinski definition) is 4. The first-order chi connectivity index (χ1) is 11.0. The molecule has 0 aliphatic carbocycles. The lowest BCUT2D eigenvalue weighted by Gasteiger charge is -2.22. The summed E-state index contributed by atoms with van der Waals surface area (Å²) >= 11 is 5.32. The summed E-state index contributed by atoms with van der Waals surface area (Å²) in [4.78, 5) is 12.7. The summed E-state index contributed by atoms with van der Waals surface area (Å²) in [6.07, 6.45) is 4.69. The first-order valence-electron chi connectivity index (χ1n) is 7.86. The zero-order valence-corrected chi connectivity index (χ0v) is 14.4. The summed E-state index contributed by atoms with van der Waals surface area (Å²) in [5.74, 6) is 0.688. The standard InChI is InChI=1S/C18H23NO3S/c1-12-5-8-16(22-2)15(10-12)14-7-6-13(4-3-9-20)18(23)19-17(21)11-14/h5,8,10-11,13,20H,3-4,6-7,9H2,1-2H3,(H,19,21,23)/b14-11+. The van der Waals surface area contributed by atoms with Crippen LogP contribution in [0.2, 0.25) is 0 Å². The summed E-state index contributed by atoms with van der Waals surface area (Å²) in [7, 11) is 1.64. The minimum Gasteiger partial charge on any atom is -0.496 e. The lowest BCUT2D eigenvalue weighted by atomic mass is 9.90. The van der Waals surface area contributed by atoms with Gasteiger partial charge in [0.15, 0.2) is 0 Å². The zero-order valence-electron chi connectivity index (χ0n) is 13.6. The number of carbonyl (C=O) groups is 1. The topological polar surface area (TPSA) is 58.6 Å². The van der Waals surface area contributed by atoms with Crippen molar-refractivity contribution in [3.05, 3.63) is 35.4 Å². The molecule has 1 aliphatic heterocycles. The summed E-state index contributed by atoms with van der Waals surface area (Å²) in [5.41, 5.74) is 3.03. The maximum absolute atomic E-state index is 12.2. The molecule has 1 unspecified atom stereocenters. The Morgan fingerprint density at radius 3 is 2.91 bits per heavy atom. The largest absolute Gasteiger partial charge is 0.496 e.